The lowest BCUT2D eigenvalue weighted by Crippen LogP contribution is -2.25. The van der Waals surface area contributed by atoms with Crippen molar-refractivity contribution in [1.82, 2.24) is 19.9 Å². The van der Waals surface area contributed by atoms with E-state index in [-0.39, 0.29) is 11.6 Å². The lowest BCUT2D eigenvalue weighted by atomic mass is 10.3. The summed E-state index contributed by atoms with van der Waals surface area (Å²) in [7, 11) is -2.01. The van der Waals surface area contributed by atoms with Crippen LogP contribution in [0.2, 0.25) is 0 Å². The van der Waals surface area contributed by atoms with E-state index >= 15 is 0 Å². The van der Waals surface area contributed by atoms with Gasteiger partial charge in [0.15, 0.2) is 5.03 Å². The second-order valence-corrected chi connectivity index (χ2v) is 5.63. The Bertz CT molecular complexity index is 665. The molecule has 0 aromatic carbocycles. The van der Waals surface area contributed by atoms with Crippen LogP contribution < -0.4 is 10.0 Å². The molecule has 0 saturated heterocycles. The van der Waals surface area contributed by atoms with Crippen molar-refractivity contribution >= 4 is 15.7 Å². The smallest absolute Gasteiger partial charge is 0.260 e. The second-order valence-electron chi connectivity index (χ2n) is 3.95. The molecule has 0 bridgehead atoms. The van der Waals surface area contributed by atoms with E-state index in [1.807, 2.05) is 6.92 Å². The minimum Gasteiger partial charge on any atom is -0.386 e. The Balaban J connectivity index is 2.21. The van der Waals surface area contributed by atoms with Gasteiger partial charge in [-0.3, -0.25) is 5.10 Å². The number of aromatic nitrogens is 3. The summed E-state index contributed by atoms with van der Waals surface area (Å²) in [4.78, 5) is 3.91. The molecule has 19 heavy (non-hydrogen) atoms. The molecule has 3 N–H and O–H groups in total. The highest BCUT2D eigenvalue weighted by molar-refractivity contribution is 7.89. The first-order chi connectivity index (χ1) is 9.04. The minimum atomic E-state index is -3.66. The summed E-state index contributed by atoms with van der Waals surface area (Å²) in [5.74, 6) is 0. The molecule has 2 heterocycles. The summed E-state index contributed by atoms with van der Waals surface area (Å²) in [5, 5.41) is 9.39. The van der Waals surface area contributed by atoms with Gasteiger partial charge in [-0.05, 0) is 19.1 Å². The van der Waals surface area contributed by atoms with Crippen LogP contribution in [-0.2, 0) is 16.6 Å². The standard InChI is InChI=1S/C11H15N5O2S/c1-8-9(6-14-16-8)7-15-19(17,18)11-10(12-2)4-3-5-13-11/h3-6,12,15H,7H2,1-2H3,(H,14,16). The molecule has 0 fully saturated rings. The fourth-order valence-electron chi connectivity index (χ4n) is 1.59. The molecule has 2 aromatic heterocycles. The zero-order valence-corrected chi connectivity index (χ0v) is 11.5. The monoisotopic (exact) mass is 281 g/mol. The number of nitrogens with one attached hydrogen (secondary N) is 3. The van der Waals surface area contributed by atoms with Gasteiger partial charge in [-0.25, -0.2) is 18.1 Å². The third-order valence-corrected chi connectivity index (χ3v) is 4.04. The topological polar surface area (TPSA) is 99.8 Å². The van der Waals surface area contributed by atoms with Crippen molar-refractivity contribution < 1.29 is 8.42 Å². The summed E-state index contributed by atoms with van der Waals surface area (Å²) < 4.78 is 26.9. The highest BCUT2D eigenvalue weighted by Crippen LogP contribution is 2.17. The van der Waals surface area contributed by atoms with Gasteiger partial charge in [0.2, 0.25) is 0 Å². The Morgan fingerprint density at radius 3 is 2.84 bits per heavy atom. The number of aromatic amines is 1. The van der Waals surface area contributed by atoms with E-state index in [4.69, 9.17) is 0 Å². The molecule has 0 aliphatic heterocycles. The maximum Gasteiger partial charge on any atom is 0.260 e. The predicted molar refractivity (Wildman–Crippen MR) is 71.1 cm³/mol. The van der Waals surface area contributed by atoms with Crippen molar-refractivity contribution in [1.29, 1.82) is 0 Å². The molecule has 2 rings (SSSR count). The molecule has 0 aliphatic carbocycles. The quantitative estimate of drug-likeness (QED) is 0.746. The first-order valence-corrected chi connectivity index (χ1v) is 7.14. The van der Waals surface area contributed by atoms with Crippen LogP contribution in [0.25, 0.3) is 0 Å². The molecule has 0 saturated carbocycles. The van der Waals surface area contributed by atoms with E-state index in [9.17, 15) is 8.42 Å². The first kappa shape index (κ1) is 13.5. The van der Waals surface area contributed by atoms with Gasteiger partial charge >= 0.3 is 0 Å². The Morgan fingerprint density at radius 2 is 2.21 bits per heavy atom. The highest BCUT2D eigenvalue weighted by atomic mass is 32.2. The molecular formula is C11H15N5O2S. The lowest BCUT2D eigenvalue weighted by molar-refractivity contribution is 0.578. The molecule has 0 aliphatic rings. The third-order valence-electron chi connectivity index (χ3n) is 2.68. The Labute approximate surface area is 111 Å². The number of anilines is 1. The largest absolute Gasteiger partial charge is 0.386 e. The summed E-state index contributed by atoms with van der Waals surface area (Å²) in [6.07, 6.45) is 3.04. The number of aryl methyl sites for hydroxylation is 1. The van der Waals surface area contributed by atoms with E-state index in [2.05, 4.69) is 25.2 Å². The van der Waals surface area contributed by atoms with E-state index in [0.717, 1.165) is 11.3 Å². The van der Waals surface area contributed by atoms with E-state index in [0.29, 0.717) is 5.69 Å². The molecule has 0 atom stereocenters. The highest BCUT2D eigenvalue weighted by Gasteiger charge is 2.19. The average molecular weight is 281 g/mol. The maximum absolute atomic E-state index is 12.2. The Hall–Kier alpha value is -1.93. The van der Waals surface area contributed by atoms with Gasteiger partial charge in [0.05, 0.1) is 11.9 Å². The zero-order valence-electron chi connectivity index (χ0n) is 10.6. The number of pyridine rings is 1. The molecule has 0 amide bonds. The van der Waals surface area contributed by atoms with E-state index < -0.39 is 10.0 Å². The summed E-state index contributed by atoms with van der Waals surface area (Å²) in [6.45, 7) is 2.00. The third kappa shape index (κ3) is 2.91. The van der Waals surface area contributed by atoms with Crippen molar-refractivity contribution in [3.05, 3.63) is 35.8 Å². The van der Waals surface area contributed by atoms with Crippen LogP contribution in [0.3, 0.4) is 0 Å². The van der Waals surface area contributed by atoms with Gasteiger partial charge in [0.1, 0.15) is 0 Å². The van der Waals surface area contributed by atoms with Crippen LogP contribution in [-0.4, -0.2) is 30.6 Å². The predicted octanol–water partition coefficient (Wildman–Crippen LogP) is 0.633. The van der Waals surface area contributed by atoms with Gasteiger partial charge in [-0.2, -0.15) is 5.10 Å². The fourth-order valence-corrected chi connectivity index (χ4v) is 2.73. The molecule has 7 nitrogen and oxygen atoms in total. The number of H-pyrrole nitrogens is 1. The summed E-state index contributed by atoms with van der Waals surface area (Å²) >= 11 is 0. The van der Waals surface area contributed by atoms with Crippen molar-refractivity contribution in [2.24, 2.45) is 0 Å². The van der Waals surface area contributed by atoms with Gasteiger partial charge < -0.3 is 5.32 Å². The van der Waals surface area contributed by atoms with E-state index in [1.165, 1.54) is 6.20 Å². The number of nitrogens with zero attached hydrogens (tertiary/aromatic N) is 2. The summed E-state index contributed by atoms with van der Waals surface area (Å²) in [6, 6.07) is 3.33. The molecular weight excluding hydrogens is 266 g/mol. The van der Waals surface area contributed by atoms with Gasteiger partial charge in [-0.15, -0.1) is 0 Å². The molecule has 102 valence electrons. The van der Waals surface area contributed by atoms with Gasteiger partial charge in [0.25, 0.3) is 10.0 Å². The number of sulfonamides is 1. The number of hydrogen-bond donors (Lipinski definition) is 3. The maximum atomic E-state index is 12.2. The first-order valence-electron chi connectivity index (χ1n) is 5.66. The van der Waals surface area contributed by atoms with Crippen molar-refractivity contribution in [3.8, 4) is 0 Å². The van der Waals surface area contributed by atoms with Crippen molar-refractivity contribution in [3.63, 3.8) is 0 Å². The van der Waals surface area contributed by atoms with Crippen LogP contribution in [0.5, 0.6) is 0 Å². The molecule has 0 unspecified atom stereocenters. The van der Waals surface area contributed by atoms with Gasteiger partial charge in [-0.1, -0.05) is 0 Å². The molecule has 2 aromatic rings. The van der Waals surface area contributed by atoms with Crippen LogP contribution in [0.4, 0.5) is 5.69 Å². The SMILES string of the molecule is CNc1cccnc1S(=O)(=O)NCc1cn[nH]c1C. The average Bonchev–Trinajstić information content (AvgIpc) is 2.82. The lowest BCUT2D eigenvalue weighted by Gasteiger charge is -2.09. The zero-order chi connectivity index (χ0) is 13.9. The minimum absolute atomic E-state index is 0.0151. The van der Waals surface area contributed by atoms with E-state index in [1.54, 1.807) is 25.4 Å². The van der Waals surface area contributed by atoms with Crippen LogP contribution >= 0.6 is 0 Å². The second kappa shape index (κ2) is 5.37. The number of rotatable bonds is 5. The Kier molecular flexibility index (Phi) is 3.82. The van der Waals surface area contributed by atoms with Crippen molar-refractivity contribution in [2.45, 2.75) is 18.5 Å². The van der Waals surface area contributed by atoms with Crippen molar-refractivity contribution in [2.75, 3.05) is 12.4 Å². The van der Waals surface area contributed by atoms with Gasteiger partial charge in [0, 0.05) is 31.0 Å². The van der Waals surface area contributed by atoms with Crippen LogP contribution in [0.15, 0.2) is 29.6 Å². The van der Waals surface area contributed by atoms with Crippen LogP contribution in [0.1, 0.15) is 11.3 Å². The fraction of sp³-hybridized carbons (Fsp3) is 0.273. The molecule has 0 spiro atoms. The summed E-state index contributed by atoms with van der Waals surface area (Å²) in [5.41, 5.74) is 2.09. The molecule has 0 radical (unpaired) electrons. The normalized spacial score (nSPS) is 11.5. The number of hydrogen-bond acceptors (Lipinski definition) is 5. The van der Waals surface area contributed by atoms with Crippen LogP contribution in [0, 0.1) is 6.92 Å². The molecule has 8 heteroatoms. The Morgan fingerprint density at radius 1 is 1.42 bits per heavy atom.